The first-order chi connectivity index (χ1) is 12.9. The summed E-state index contributed by atoms with van der Waals surface area (Å²) in [6.07, 6.45) is 4.52. The molecule has 2 aromatic rings. The Hall–Kier alpha value is -1.90. The number of halogens is 1. The maximum absolute atomic E-state index is 13.1. The Bertz CT molecular complexity index is 861. The van der Waals surface area contributed by atoms with Crippen LogP contribution in [0.15, 0.2) is 46.0 Å². The number of piperidine rings is 1. The third-order valence-corrected chi connectivity index (χ3v) is 6.70. The summed E-state index contributed by atoms with van der Waals surface area (Å²) in [5.74, 6) is 0.830. The summed E-state index contributed by atoms with van der Waals surface area (Å²) in [6.45, 7) is 3.17. The normalized spacial score (nSPS) is 16.0. The molecule has 1 aliphatic heterocycles. The molecule has 0 aliphatic carbocycles. The molecule has 2 aromatic heterocycles. The van der Waals surface area contributed by atoms with Gasteiger partial charge in [0.1, 0.15) is 15.8 Å². The van der Waals surface area contributed by atoms with Gasteiger partial charge >= 0.3 is 0 Å². The predicted molar refractivity (Wildman–Crippen MR) is 101 cm³/mol. The number of furan rings is 1. The van der Waals surface area contributed by atoms with Crippen molar-refractivity contribution in [1.82, 2.24) is 14.2 Å². The standard InChI is InChI=1S/C18H22ClN3O4S/c1-14-6-8-21(9-7-14)18(23)13-22(12-15-3-2-10-26-15)27(24,25)16-4-5-17(19)20-11-16/h2-5,10-11,14H,6-9,12-13H2,1H3. The van der Waals surface area contributed by atoms with Gasteiger partial charge in [-0.25, -0.2) is 13.4 Å². The van der Waals surface area contributed by atoms with Crippen LogP contribution in [0.4, 0.5) is 0 Å². The lowest BCUT2D eigenvalue weighted by atomic mass is 9.99. The number of carbonyl (C=O) groups excluding carboxylic acids is 1. The van der Waals surface area contributed by atoms with Crippen LogP contribution in [0.3, 0.4) is 0 Å². The van der Waals surface area contributed by atoms with E-state index in [2.05, 4.69) is 11.9 Å². The number of hydrogen-bond donors (Lipinski definition) is 0. The van der Waals surface area contributed by atoms with Crippen LogP contribution in [0.5, 0.6) is 0 Å². The Balaban J connectivity index is 1.82. The molecule has 3 heterocycles. The highest BCUT2D eigenvalue weighted by Crippen LogP contribution is 2.21. The summed E-state index contributed by atoms with van der Waals surface area (Å²) in [7, 11) is -3.93. The highest BCUT2D eigenvalue weighted by molar-refractivity contribution is 7.89. The van der Waals surface area contributed by atoms with E-state index in [-0.39, 0.29) is 29.0 Å². The summed E-state index contributed by atoms with van der Waals surface area (Å²) in [5, 5.41) is 0.199. The minimum Gasteiger partial charge on any atom is -0.468 e. The Morgan fingerprint density at radius 2 is 2.07 bits per heavy atom. The third-order valence-electron chi connectivity index (χ3n) is 4.70. The van der Waals surface area contributed by atoms with Gasteiger partial charge in [-0.3, -0.25) is 4.79 Å². The predicted octanol–water partition coefficient (Wildman–Crippen LogP) is 2.78. The fourth-order valence-electron chi connectivity index (χ4n) is 2.97. The first-order valence-corrected chi connectivity index (χ1v) is 10.6. The molecule has 0 unspecified atom stereocenters. The van der Waals surface area contributed by atoms with Crippen molar-refractivity contribution in [3.63, 3.8) is 0 Å². The first kappa shape index (κ1) is 19.9. The Morgan fingerprint density at radius 3 is 2.67 bits per heavy atom. The lowest BCUT2D eigenvalue weighted by Crippen LogP contribution is -2.45. The maximum atomic E-state index is 13.1. The van der Waals surface area contributed by atoms with Crippen LogP contribution in [0.25, 0.3) is 0 Å². The fourth-order valence-corrected chi connectivity index (χ4v) is 4.39. The molecule has 27 heavy (non-hydrogen) atoms. The third kappa shape index (κ3) is 4.88. The quantitative estimate of drug-likeness (QED) is 0.682. The highest BCUT2D eigenvalue weighted by Gasteiger charge is 2.30. The number of amides is 1. The number of likely N-dealkylation sites (tertiary alicyclic amines) is 1. The van der Waals surface area contributed by atoms with Gasteiger partial charge in [-0.1, -0.05) is 18.5 Å². The SMILES string of the molecule is CC1CCN(C(=O)CN(Cc2ccco2)S(=O)(=O)c2ccc(Cl)nc2)CC1. The molecule has 0 spiro atoms. The molecular weight excluding hydrogens is 390 g/mol. The second-order valence-corrected chi connectivity index (χ2v) is 9.06. The van der Waals surface area contributed by atoms with E-state index >= 15 is 0 Å². The zero-order valence-corrected chi connectivity index (χ0v) is 16.6. The number of nitrogens with zero attached hydrogens (tertiary/aromatic N) is 3. The van der Waals surface area contributed by atoms with E-state index in [1.54, 1.807) is 17.0 Å². The Morgan fingerprint density at radius 1 is 1.33 bits per heavy atom. The fraction of sp³-hybridized carbons (Fsp3) is 0.444. The van der Waals surface area contributed by atoms with E-state index in [0.29, 0.717) is 24.8 Å². The van der Waals surface area contributed by atoms with Crippen LogP contribution in [-0.4, -0.2) is 48.1 Å². The highest BCUT2D eigenvalue weighted by atomic mass is 35.5. The molecule has 0 aromatic carbocycles. The molecular formula is C18H22ClN3O4S. The van der Waals surface area contributed by atoms with Crippen molar-refractivity contribution in [2.75, 3.05) is 19.6 Å². The summed E-state index contributed by atoms with van der Waals surface area (Å²) in [5.41, 5.74) is 0. The number of aromatic nitrogens is 1. The van der Waals surface area contributed by atoms with Crippen molar-refractivity contribution in [3.8, 4) is 0 Å². The van der Waals surface area contributed by atoms with Gasteiger partial charge in [0.15, 0.2) is 0 Å². The van der Waals surface area contributed by atoms with Crippen LogP contribution in [0, 0.1) is 5.92 Å². The zero-order valence-electron chi connectivity index (χ0n) is 15.0. The number of rotatable bonds is 6. The summed E-state index contributed by atoms with van der Waals surface area (Å²) >= 11 is 5.76. The van der Waals surface area contributed by atoms with Crippen molar-refractivity contribution >= 4 is 27.5 Å². The van der Waals surface area contributed by atoms with Crippen molar-refractivity contribution in [3.05, 3.63) is 47.6 Å². The van der Waals surface area contributed by atoms with Gasteiger partial charge in [0.2, 0.25) is 15.9 Å². The largest absolute Gasteiger partial charge is 0.468 e. The van der Waals surface area contributed by atoms with Gasteiger partial charge in [0.05, 0.1) is 19.4 Å². The van der Waals surface area contributed by atoms with Crippen LogP contribution in [0.2, 0.25) is 5.15 Å². The van der Waals surface area contributed by atoms with Crippen molar-refractivity contribution < 1.29 is 17.6 Å². The van der Waals surface area contributed by atoms with E-state index in [4.69, 9.17) is 16.0 Å². The van der Waals surface area contributed by atoms with Crippen LogP contribution in [0.1, 0.15) is 25.5 Å². The molecule has 9 heteroatoms. The first-order valence-electron chi connectivity index (χ1n) is 8.78. The Labute approximate surface area is 164 Å². The minimum absolute atomic E-state index is 0.0153. The summed E-state index contributed by atoms with van der Waals surface area (Å²) < 4.78 is 32.6. The van der Waals surface area contributed by atoms with Gasteiger partial charge in [-0.05, 0) is 43.0 Å². The van der Waals surface area contributed by atoms with E-state index in [1.165, 1.54) is 24.6 Å². The second-order valence-electron chi connectivity index (χ2n) is 6.73. The molecule has 0 N–H and O–H groups in total. The van der Waals surface area contributed by atoms with Gasteiger partial charge in [0, 0.05) is 19.3 Å². The second kappa shape index (κ2) is 8.41. The van der Waals surface area contributed by atoms with Gasteiger partial charge in [0.25, 0.3) is 0 Å². The molecule has 7 nitrogen and oxygen atoms in total. The lowest BCUT2D eigenvalue weighted by Gasteiger charge is -2.32. The van der Waals surface area contributed by atoms with E-state index in [0.717, 1.165) is 17.1 Å². The van der Waals surface area contributed by atoms with Crippen LogP contribution in [-0.2, 0) is 21.4 Å². The van der Waals surface area contributed by atoms with Crippen molar-refractivity contribution in [1.29, 1.82) is 0 Å². The molecule has 1 saturated heterocycles. The molecule has 1 fully saturated rings. The maximum Gasteiger partial charge on any atom is 0.245 e. The van der Waals surface area contributed by atoms with E-state index in [9.17, 15) is 13.2 Å². The summed E-state index contributed by atoms with van der Waals surface area (Å²) in [4.78, 5) is 18.3. The lowest BCUT2D eigenvalue weighted by molar-refractivity contribution is -0.132. The average Bonchev–Trinajstić information content (AvgIpc) is 3.15. The van der Waals surface area contributed by atoms with Crippen LogP contribution < -0.4 is 0 Å². The van der Waals surface area contributed by atoms with Gasteiger partial charge < -0.3 is 9.32 Å². The number of hydrogen-bond acceptors (Lipinski definition) is 5. The van der Waals surface area contributed by atoms with Crippen molar-refractivity contribution in [2.24, 2.45) is 5.92 Å². The average molecular weight is 412 g/mol. The number of sulfonamides is 1. The monoisotopic (exact) mass is 411 g/mol. The van der Waals surface area contributed by atoms with Gasteiger partial charge in [-0.15, -0.1) is 0 Å². The molecule has 0 saturated carbocycles. The molecule has 3 rings (SSSR count). The zero-order chi connectivity index (χ0) is 19.4. The van der Waals surface area contributed by atoms with E-state index < -0.39 is 10.0 Å². The topological polar surface area (TPSA) is 83.7 Å². The van der Waals surface area contributed by atoms with Gasteiger partial charge in [-0.2, -0.15) is 4.31 Å². The summed E-state index contributed by atoms with van der Waals surface area (Å²) in [6, 6.07) is 6.15. The minimum atomic E-state index is -3.93. The van der Waals surface area contributed by atoms with Crippen molar-refractivity contribution in [2.45, 2.75) is 31.2 Å². The number of carbonyl (C=O) groups is 1. The molecule has 1 aliphatic rings. The number of pyridine rings is 1. The molecule has 0 atom stereocenters. The van der Waals surface area contributed by atoms with E-state index in [1.807, 2.05) is 0 Å². The molecule has 0 radical (unpaired) electrons. The molecule has 1 amide bonds. The van der Waals surface area contributed by atoms with Crippen LogP contribution >= 0.6 is 11.6 Å². The smallest absolute Gasteiger partial charge is 0.245 e. The Kier molecular flexibility index (Phi) is 6.18. The molecule has 0 bridgehead atoms. The molecule has 146 valence electrons.